The van der Waals surface area contributed by atoms with Crippen LogP contribution in [-0.4, -0.2) is 168 Å². The quantitative estimate of drug-likeness (QED) is 0.0761. The van der Waals surface area contributed by atoms with E-state index in [1.165, 1.54) is 0 Å². The second-order valence-electron chi connectivity index (χ2n) is 45.5. The van der Waals surface area contributed by atoms with Crippen molar-refractivity contribution in [3.8, 4) is 0 Å². The van der Waals surface area contributed by atoms with E-state index in [-0.39, 0.29) is 349 Å². The Bertz CT molecular complexity index is 4300. The zero-order valence-electron chi connectivity index (χ0n) is 79.4. The molecule has 7 saturated heterocycles. The zero-order valence-corrected chi connectivity index (χ0v) is 79.4. The third-order valence-corrected chi connectivity index (χ3v) is 35.9. The minimum absolute atomic E-state index is 0. The van der Waals surface area contributed by atoms with Crippen molar-refractivity contribution < 1.29 is 133 Å². The molecule has 35 unspecified atom stereocenters. The highest BCUT2D eigenvalue weighted by atomic mass is 16.6. The Balaban J connectivity index is 0.00000160. The number of carbonyl (C=O) groups is 14. The molecule has 28 heteroatoms. The van der Waals surface area contributed by atoms with Gasteiger partial charge < -0.3 is 66.3 Å². The van der Waals surface area contributed by atoms with Crippen molar-refractivity contribution in [1.29, 1.82) is 0 Å². The summed E-state index contributed by atoms with van der Waals surface area (Å²) < 4.78 is 77.8. The molecule has 20 fully saturated rings. The first-order valence-corrected chi connectivity index (χ1v) is 48.3. The van der Waals surface area contributed by atoms with Crippen LogP contribution in [0.15, 0.2) is 0 Å². The van der Waals surface area contributed by atoms with E-state index in [0.717, 1.165) is 135 Å². The summed E-state index contributed by atoms with van der Waals surface area (Å²) in [5.41, 5.74) is -4.20. The third-order valence-electron chi connectivity index (χ3n) is 35.9. The first-order chi connectivity index (χ1) is 59.3. The van der Waals surface area contributed by atoms with E-state index in [2.05, 4.69) is 6.92 Å². The molecule has 13 saturated carbocycles. The van der Waals surface area contributed by atoms with Crippen LogP contribution in [0.1, 0.15) is 404 Å². The van der Waals surface area contributed by atoms with Gasteiger partial charge in [0.15, 0.2) is 0 Å². The van der Waals surface area contributed by atoms with Gasteiger partial charge in [0.05, 0.1) is 80.3 Å². The van der Waals surface area contributed by atoms with E-state index in [0.29, 0.717) is 36.0 Å². The van der Waals surface area contributed by atoms with Crippen molar-refractivity contribution in [2.24, 2.45) is 151 Å². The molecule has 0 amide bonds. The first-order valence-electron chi connectivity index (χ1n) is 48.3. The number of ether oxygens (including phenoxy) is 14. The summed E-state index contributed by atoms with van der Waals surface area (Å²) in [4.78, 5) is 166. The first kappa shape index (κ1) is 134. The van der Waals surface area contributed by atoms with Crippen molar-refractivity contribution in [1.82, 2.24) is 0 Å². The number of carbonyl (C=O) groups excluding carboxylic acids is 14. The van der Waals surface area contributed by atoms with E-state index in [4.69, 9.17) is 66.3 Å². The number of hydrogen-bond donors (Lipinski definition) is 0. The van der Waals surface area contributed by atoms with Gasteiger partial charge in [-0.3, -0.25) is 67.1 Å². The maximum Gasteiger partial charge on any atom is 0.312 e. The van der Waals surface area contributed by atoms with Gasteiger partial charge in [0.25, 0.3) is 0 Å². The van der Waals surface area contributed by atoms with Crippen LogP contribution in [0.2, 0.25) is 0 Å². The smallest absolute Gasteiger partial charge is 0.312 e. The molecule has 7 heterocycles. The summed E-state index contributed by atoms with van der Waals surface area (Å²) in [6, 6.07) is 0. The van der Waals surface area contributed by atoms with Gasteiger partial charge in [-0.05, 0) is 225 Å². The molecule has 20 aliphatic rings. The standard InChI is InChI=1S/3C15H22O4.2C14H20O4.C13H18O4.C13H20O4.14CH4/c1-5-14(2,3)13(17)19-11-10-8-6-15(11,4)7-9(8)12(16)18-10;1-5-14(2,3)13(17)19-15(4)8-6-9-10(7-8)12(16)18-11(9)15;1-5-14(2,3)13(17)18-11-8-6-9-10(7-8)15(11,4)19-12(9)16;1-4-14(2,3)13(16)18-10-7-5-8-9(6-7)12(15)17-11(8)10;1-4-7(2)12(15)18-14(3)8-5-9-10(6-8)13(16)17-11(9)14;1-3-6(2)12(14)16-10-7-4-8-9(5-7)13(15)17-11(8)10;1-4-13(2,3)12(15)17-9-6-5-8-7-10(9)16-11(8)14;;;;;;;;;;;;;;/h3*8-11H,5-7H2,1-4H3;2*7-11H,4-6H2,1-3H3;6-11H,3-5H2,1-2H3;8-10H,4-7H2,1-3H3;14*1H4. The average molecular weight is 2010 g/mol. The van der Waals surface area contributed by atoms with Crippen molar-refractivity contribution in [2.75, 3.05) is 0 Å². The lowest BCUT2D eigenvalue weighted by Gasteiger charge is -2.38. The molecule has 820 valence electrons. The molecule has 14 bridgehead atoms. The second-order valence-corrected chi connectivity index (χ2v) is 45.5. The molecule has 0 spiro atoms. The van der Waals surface area contributed by atoms with Gasteiger partial charge in [0.2, 0.25) is 0 Å². The van der Waals surface area contributed by atoms with Crippen LogP contribution in [0.5, 0.6) is 0 Å². The van der Waals surface area contributed by atoms with Gasteiger partial charge in [0.1, 0.15) is 83.9 Å². The summed E-state index contributed by atoms with van der Waals surface area (Å²) in [6.45, 7) is 44.5. The molecule has 0 aromatic carbocycles. The molecule has 0 aromatic heterocycles. The molecule has 13 aliphatic carbocycles. The van der Waals surface area contributed by atoms with Crippen LogP contribution in [-0.2, 0) is 133 Å². The predicted octanol–water partition coefficient (Wildman–Crippen LogP) is 23.2. The highest BCUT2D eigenvalue weighted by Crippen LogP contribution is 2.66. The van der Waals surface area contributed by atoms with E-state index < -0.39 is 43.9 Å². The number of esters is 14. The molecule has 0 aromatic rings. The lowest BCUT2D eigenvalue weighted by molar-refractivity contribution is -0.188. The summed E-state index contributed by atoms with van der Waals surface area (Å²) in [6.07, 6.45) is 16.0. The lowest BCUT2D eigenvalue weighted by Crippen LogP contribution is -2.49. The van der Waals surface area contributed by atoms with Crippen molar-refractivity contribution in [3.63, 3.8) is 0 Å². The maximum absolute atomic E-state index is 12.3. The Morgan fingerprint density at radius 2 is 0.716 bits per heavy atom. The van der Waals surface area contributed by atoms with Gasteiger partial charge >= 0.3 is 83.6 Å². The minimum Gasteiger partial charge on any atom is -0.458 e. The molecule has 0 radical (unpaired) electrons. The van der Waals surface area contributed by atoms with E-state index in [1.807, 2.05) is 152 Å². The van der Waals surface area contributed by atoms with Gasteiger partial charge in [0, 0.05) is 76.9 Å². The molecule has 7 aliphatic heterocycles. The SMILES string of the molecule is C.C.C.C.C.C.C.C.C.C.C.C.C.C.CCC(C)(C)C(=O)OC1(C)C2CC3C(=O)OC1C3C2.CCC(C)(C)C(=O)OC1C2CC3C(=O)OC1(C)C3C2.CCC(C)(C)C(=O)OC1C2CC3C(=O)OC1C3C2.CCC(C)(C)C(=O)OC1C2OC(=O)C3CC1(C)CC32.CCC(C)(C)C(=O)OC1CCC2CC1OC2=O.CCC(C)C(=O)OC1(C)C2CC3C(=O)OC1C3C2.CCC(C)C(=O)OC1C2CC3C(=O)OC1C3C2. The number of rotatable bonds is 21. The molecule has 141 heavy (non-hydrogen) atoms. The van der Waals surface area contributed by atoms with Crippen LogP contribution in [0, 0.1) is 151 Å². The van der Waals surface area contributed by atoms with Crippen molar-refractivity contribution in [3.05, 3.63) is 0 Å². The second kappa shape index (κ2) is 48.5. The summed E-state index contributed by atoms with van der Waals surface area (Å²) >= 11 is 0. The van der Waals surface area contributed by atoms with Crippen LogP contribution >= 0.6 is 0 Å². The third kappa shape index (κ3) is 23.6. The lowest BCUT2D eigenvalue weighted by atomic mass is 9.79. The molecule has 28 nitrogen and oxygen atoms in total. The van der Waals surface area contributed by atoms with Gasteiger partial charge in [-0.25, -0.2) is 0 Å². The fraction of sp³-hybridized carbons (Fsp3) is 0.876. The molecule has 0 N–H and O–H groups in total. The summed E-state index contributed by atoms with van der Waals surface area (Å²) in [5.74, 6) is 1.60. The Labute approximate surface area is 851 Å². The van der Waals surface area contributed by atoms with Crippen LogP contribution in [0.4, 0.5) is 0 Å². The van der Waals surface area contributed by atoms with Crippen LogP contribution < -0.4 is 0 Å². The average Bonchev–Trinajstić information content (AvgIpc) is 1.52. The highest BCUT2D eigenvalue weighted by molar-refractivity contribution is 5.84. The Kier molecular flexibility index (Phi) is 45.9. The van der Waals surface area contributed by atoms with Crippen molar-refractivity contribution in [2.45, 2.75) is 488 Å². The summed E-state index contributed by atoms with van der Waals surface area (Å²) in [5, 5.41) is 0. The Morgan fingerprint density at radius 3 is 1.16 bits per heavy atom. The van der Waals surface area contributed by atoms with E-state index in [9.17, 15) is 67.1 Å². The van der Waals surface area contributed by atoms with E-state index >= 15 is 0 Å². The number of fused-ring (bicyclic) bond motifs is 8. The van der Waals surface area contributed by atoms with Gasteiger partial charge in [-0.15, -0.1) is 0 Å². The number of hydrogen-bond acceptors (Lipinski definition) is 28. The predicted molar refractivity (Wildman–Crippen MR) is 546 cm³/mol. The minimum atomic E-state index is -0.614. The zero-order chi connectivity index (χ0) is 92.9. The maximum atomic E-state index is 12.3. The van der Waals surface area contributed by atoms with Crippen LogP contribution in [0.3, 0.4) is 0 Å². The normalized spacial score (nSPS) is 37.8. The van der Waals surface area contributed by atoms with Crippen molar-refractivity contribution >= 4 is 83.6 Å². The highest BCUT2D eigenvalue weighted by Gasteiger charge is 2.74. The topological polar surface area (TPSA) is 368 Å². The molecular formula is C113H200O28. The fourth-order valence-corrected chi connectivity index (χ4v) is 24.7. The fourth-order valence-electron chi connectivity index (χ4n) is 24.7. The summed E-state index contributed by atoms with van der Waals surface area (Å²) in [7, 11) is 0. The molecule has 20 rings (SSSR count). The molecular weight excluding hydrogens is 1810 g/mol. The van der Waals surface area contributed by atoms with Gasteiger partial charge in [-0.2, -0.15) is 0 Å². The van der Waals surface area contributed by atoms with Crippen LogP contribution in [0.25, 0.3) is 0 Å². The molecule has 35 atom stereocenters. The largest absolute Gasteiger partial charge is 0.458 e. The Hall–Kier alpha value is -7.42. The van der Waals surface area contributed by atoms with Gasteiger partial charge in [-0.1, -0.05) is 173 Å². The Morgan fingerprint density at radius 1 is 0.340 bits per heavy atom. The van der Waals surface area contributed by atoms with E-state index in [1.54, 1.807) is 0 Å². The monoisotopic (exact) mass is 2010 g/mol.